The van der Waals surface area contributed by atoms with Crippen LogP contribution in [0.3, 0.4) is 0 Å². The Balaban J connectivity index is 1.90. The third-order valence-electron chi connectivity index (χ3n) is 2.83. The summed E-state index contributed by atoms with van der Waals surface area (Å²) in [5, 5.41) is 0.651. The molecule has 2 aromatic rings. The molecule has 4 heteroatoms. The molecule has 98 valence electrons. The van der Waals surface area contributed by atoms with Crippen LogP contribution in [0.5, 0.6) is 0 Å². The molecule has 0 radical (unpaired) electrons. The van der Waals surface area contributed by atoms with E-state index in [1.54, 1.807) is 24.3 Å². The second-order valence-electron chi connectivity index (χ2n) is 4.22. The van der Waals surface area contributed by atoms with Crippen LogP contribution in [0.4, 0.5) is 4.39 Å². The predicted molar refractivity (Wildman–Crippen MR) is 80.0 cm³/mol. The van der Waals surface area contributed by atoms with Crippen molar-refractivity contribution in [3.63, 3.8) is 0 Å². The molecule has 1 aliphatic heterocycles. The summed E-state index contributed by atoms with van der Waals surface area (Å²) in [4.78, 5) is 16.3. The van der Waals surface area contributed by atoms with Crippen molar-refractivity contribution in [1.29, 1.82) is 0 Å². The van der Waals surface area contributed by atoms with Crippen LogP contribution in [0, 0.1) is 5.82 Å². The molecule has 0 bridgehead atoms. The summed E-state index contributed by atoms with van der Waals surface area (Å²) in [5.74, 6) is -0.668. The molecule has 0 N–H and O–H groups in total. The topological polar surface area (TPSA) is 29.4 Å². The van der Waals surface area contributed by atoms with E-state index in [2.05, 4.69) is 4.99 Å². The minimum absolute atomic E-state index is 0.322. The minimum Gasteiger partial charge on any atom is -0.266 e. The van der Waals surface area contributed by atoms with Gasteiger partial charge in [0.25, 0.3) is 5.91 Å². The summed E-state index contributed by atoms with van der Waals surface area (Å²) in [7, 11) is 0. The molecule has 1 heterocycles. The molecule has 0 saturated carbocycles. The van der Waals surface area contributed by atoms with Crippen LogP contribution in [0.15, 0.2) is 64.5 Å². The average molecular weight is 283 g/mol. The smallest absolute Gasteiger partial charge is 0.266 e. The van der Waals surface area contributed by atoms with Crippen LogP contribution in [-0.4, -0.2) is 11.0 Å². The Hall–Kier alpha value is -2.20. The van der Waals surface area contributed by atoms with Gasteiger partial charge in [-0.2, -0.15) is 0 Å². The maximum absolute atomic E-state index is 13.6. The Kier molecular flexibility index (Phi) is 3.48. The van der Waals surface area contributed by atoms with E-state index in [9.17, 15) is 9.18 Å². The van der Waals surface area contributed by atoms with Gasteiger partial charge in [-0.15, -0.1) is 0 Å². The molecular weight excluding hydrogens is 273 g/mol. The number of hydrogen-bond acceptors (Lipinski definition) is 2. The van der Waals surface area contributed by atoms with Gasteiger partial charge in [0.2, 0.25) is 0 Å². The number of nitrogens with zero attached hydrogens (tertiary/aromatic N) is 1. The van der Waals surface area contributed by atoms with Crippen molar-refractivity contribution in [2.45, 2.75) is 0 Å². The fourth-order valence-electron chi connectivity index (χ4n) is 1.85. The van der Waals surface area contributed by atoms with Crippen molar-refractivity contribution >= 4 is 28.8 Å². The van der Waals surface area contributed by atoms with E-state index in [1.807, 2.05) is 30.3 Å². The summed E-state index contributed by atoms with van der Waals surface area (Å²) in [5.41, 5.74) is 1.29. The first-order chi connectivity index (χ1) is 9.74. The van der Waals surface area contributed by atoms with E-state index in [0.717, 1.165) is 5.56 Å². The van der Waals surface area contributed by atoms with Gasteiger partial charge in [0, 0.05) is 11.1 Å². The van der Waals surface area contributed by atoms with Crippen molar-refractivity contribution in [1.82, 2.24) is 0 Å². The number of thioether (sulfide) groups is 1. The molecule has 0 aromatic heterocycles. The lowest BCUT2D eigenvalue weighted by Gasteiger charge is -1.99. The lowest BCUT2D eigenvalue weighted by Crippen LogP contribution is -1.89. The molecule has 0 saturated heterocycles. The van der Waals surface area contributed by atoms with E-state index < -0.39 is 0 Å². The molecule has 0 unspecified atom stereocenters. The van der Waals surface area contributed by atoms with E-state index in [0.29, 0.717) is 15.5 Å². The lowest BCUT2D eigenvalue weighted by molar-refractivity contribution is -0.113. The van der Waals surface area contributed by atoms with Gasteiger partial charge < -0.3 is 0 Å². The Morgan fingerprint density at radius 3 is 2.45 bits per heavy atom. The normalized spacial score (nSPS) is 16.6. The first-order valence-corrected chi connectivity index (χ1v) is 6.88. The van der Waals surface area contributed by atoms with Crippen LogP contribution < -0.4 is 0 Å². The van der Waals surface area contributed by atoms with E-state index in [4.69, 9.17) is 0 Å². The molecule has 1 amide bonds. The predicted octanol–water partition coefficient (Wildman–Crippen LogP) is 3.89. The van der Waals surface area contributed by atoms with E-state index >= 15 is 0 Å². The molecular formula is C16H10FNOS. The number of aliphatic imine (C=N–C) groups is 1. The highest BCUT2D eigenvalue weighted by Crippen LogP contribution is 2.31. The van der Waals surface area contributed by atoms with E-state index in [-0.39, 0.29) is 11.7 Å². The van der Waals surface area contributed by atoms with Crippen molar-refractivity contribution in [3.8, 4) is 0 Å². The molecule has 0 fully saturated rings. The Morgan fingerprint density at radius 2 is 1.70 bits per heavy atom. The number of hydrogen-bond donors (Lipinski definition) is 0. The van der Waals surface area contributed by atoms with Crippen LogP contribution >= 0.6 is 11.8 Å². The van der Waals surface area contributed by atoms with Gasteiger partial charge in [-0.3, -0.25) is 4.79 Å². The van der Waals surface area contributed by atoms with Gasteiger partial charge in [-0.1, -0.05) is 60.3 Å². The number of halogens is 1. The van der Waals surface area contributed by atoms with Gasteiger partial charge in [-0.05, 0) is 12.1 Å². The third-order valence-corrected chi connectivity index (χ3v) is 3.87. The monoisotopic (exact) mass is 283 g/mol. The van der Waals surface area contributed by atoms with Crippen LogP contribution in [0.1, 0.15) is 11.1 Å². The summed E-state index contributed by atoms with van der Waals surface area (Å²) >= 11 is 1.27. The van der Waals surface area contributed by atoms with Gasteiger partial charge in [0.05, 0.1) is 4.91 Å². The van der Waals surface area contributed by atoms with Crippen LogP contribution in [-0.2, 0) is 4.79 Å². The maximum atomic E-state index is 13.6. The Bertz CT molecular complexity index is 722. The summed E-state index contributed by atoms with van der Waals surface area (Å²) < 4.78 is 13.6. The molecule has 1 aliphatic rings. The van der Waals surface area contributed by atoms with Crippen molar-refractivity contribution in [2.24, 2.45) is 4.99 Å². The minimum atomic E-state index is -0.346. The number of amides is 1. The molecule has 20 heavy (non-hydrogen) atoms. The fourth-order valence-corrected chi connectivity index (χ4v) is 2.76. The highest BCUT2D eigenvalue weighted by atomic mass is 32.2. The lowest BCUT2D eigenvalue weighted by atomic mass is 10.2. The molecule has 2 nitrogen and oxygen atoms in total. The Morgan fingerprint density at radius 1 is 1.00 bits per heavy atom. The standard InChI is InChI=1S/C16H10FNOS/c17-13-9-5-4-8-12(13)10-14-15(19)18-16(20-14)11-6-2-1-3-7-11/h1-10H/b14-10-. The van der Waals surface area contributed by atoms with Crippen molar-refractivity contribution < 1.29 is 9.18 Å². The number of benzene rings is 2. The van der Waals surface area contributed by atoms with Crippen molar-refractivity contribution in [2.75, 3.05) is 0 Å². The zero-order valence-electron chi connectivity index (χ0n) is 10.4. The van der Waals surface area contributed by atoms with Crippen LogP contribution in [0.2, 0.25) is 0 Å². The largest absolute Gasteiger partial charge is 0.284 e. The van der Waals surface area contributed by atoms with Crippen LogP contribution in [0.25, 0.3) is 6.08 Å². The number of rotatable bonds is 2. The van der Waals surface area contributed by atoms with Gasteiger partial charge in [0.15, 0.2) is 0 Å². The SMILES string of the molecule is O=C1N=C(c2ccccc2)S/C1=C\c1ccccc1F. The molecule has 0 spiro atoms. The van der Waals surface area contributed by atoms with Gasteiger partial charge in [0.1, 0.15) is 10.9 Å². The summed E-state index contributed by atoms with van der Waals surface area (Å²) in [6.07, 6.45) is 1.54. The summed E-state index contributed by atoms with van der Waals surface area (Å²) in [6, 6.07) is 15.8. The second-order valence-corrected chi connectivity index (χ2v) is 5.25. The molecule has 3 rings (SSSR count). The highest BCUT2D eigenvalue weighted by molar-refractivity contribution is 8.19. The second kappa shape index (κ2) is 5.43. The average Bonchev–Trinajstić information content (AvgIpc) is 2.84. The summed E-state index contributed by atoms with van der Waals surface area (Å²) in [6.45, 7) is 0. The van der Waals surface area contributed by atoms with Gasteiger partial charge in [-0.25, -0.2) is 9.38 Å². The molecule has 2 aromatic carbocycles. The quantitative estimate of drug-likeness (QED) is 0.783. The molecule has 0 aliphatic carbocycles. The fraction of sp³-hybridized carbons (Fsp3) is 0. The first kappa shape index (κ1) is 12.8. The third kappa shape index (κ3) is 2.56. The maximum Gasteiger partial charge on any atom is 0.284 e. The zero-order valence-corrected chi connectivity index (χ0v) is 11.2. The zero-order chi connectivity index (χ0) is 13.9. The first-order valence-electron chi connectivity index (χ1n) is 6.06. The number of carbonyl (C=O) groups excluding carboxylic acids is 1. The number of carbonyl (C=O) groups is 1. The van der Waals surface area contributed by atoms with Crippen molar-refractivity contribution in [3.05, 3.63) is 76.4 Å². The Labute approximate surface area is 120 Å². The molecule has 0 atom stereocenters. The highest BCUT2D eigenvalue weighted by Gasteiger charge is 2.22. The van der Waals surface area contributed by atoms with Gasteiger partial charge >= 0.3 is 0 Å². The van der Waals surface area contributed by atoms with E-state index in [1.165, 1.54) is 17.8 Å².